The highest BCUT2D eigenvalue weighted by molar-refractivity contribution is 6.34. The predicted octanol–water partition coefficient (Wildman–Crippen LogP) is 2.11. The normalized spacial score (nSPS) is 12.6. The van der Waals surface area contributed by atoms with Crippen LogP contribution in [-0.2, 0) is 4.79 Å². The van der Waals surface area contributed by atoms with Crippen molar-refractivity contribution in [3.05, 3.63) is 33.8 Å². The quantitative estimate of drug-likeness (QED) is 0.414. The number of halogens is 2. The molecule has 0 aliphatic rings. The number of carbonyl (C=O) groups is 1. The second kappa shape index (κ2) is 11.1. The SMILES string of the molecule is CCCNC(=O)CN=C(NCC)NCC(O)c1cc(Cl)cc(Cl)c1. The van der Waals surface area contributed by atoms with E-state index in [1.54, 1.807) is 18.2 Å². The van der Waals surface area contributed by atoms with Gasteiger partial charge in [-0.15, -0.1) is 0 Å². The standard InChI is InChI=1S/C16H24Cl2N4O2/c1-3-5-20-15(24)10-22-16(19-4-2)21-9-14(23)11-6-12(17)8-13(18)7-11/h6-8,14,23H,3-5,9-10H2,1-2H3,(H,20,24)(H2,19,21,22). The second-order valence-electron chi connectivity index (χ2n) is 5.14. The first kappa shape index (κ1) is 20.5. The minimum absolute atomic E-state index is 0.0222. The van der Waals surface area contributed by atoms with Gasteiger partial charge in [-0.25, -0.2) is 4.99 Å². The lowest BCUT2D eigenvalue weighted by molar-refractivity contribution is -0.119. The van der Waals surface area contributed by atoms with E-state index < -0.39 is 6.10 Å². The Kier molecular flexibility index (Phi) is 9.52. The molecule has 0 radical (unpaired) electrons. The summed E-state index contributed by atoms with van der Waals surface area (Å²) in [6.45, 7) is 5.40. The zero-order valence-corrected chi connectivity index (χ0v) is 15.4. The average Bonchev–Trinajstić information content (AvgIpc) is 2.54. The number of aliphatic hydroxyl groups excluding tert-OH is 1. The van der Waals surface area contributed by atoms with Crippen molar-refractivity contribution in [3.8, 4) is 0 Å². The molecular formula is C16H24Cl2N4O2. The van der Waals surface area contributed by atoms with Crippen LogP contribution in [0.15, 0.2) is 23.2 Å². The molecule has 0 aliphatic heterocycles. The highest BCUT2D eigenvalue weighted by Crippen LogP contribution is 2.23. The van der Waals surface area contributed by atoms with Crippen molar-refractivity contribution in [3.63, 3.8) is 0 Å². The van der Waals surface area contributed by atoms with Gasteiger partial charge in [0.05, 0.1) is 6.10 Å². The predicted molar refractivity (Wildman–Crippen MR) is 98.7 cm³/mol. The van der Waals surface area contributed by atoms with Gasteiger partial charge in [-0.3, -0.25) is 4.79 Å². The van der Waals surface area contributed by atoms with Gasteiger partial charge >= 0.3 is 0 Å². The number of hydrogen-bond acceptors (Lipinski definition) is 3. The summed E-state index contributed by atoms with van der Waals surface area (Å²) in [6.07, 6.45) is 0.0706. The Labute approximate surface area is 152 Å². The van der Waals surface area contributed by atoms with E-state index in [1.165, 1.54) is 0 Å². The summed E-state index contributed by atoms with van der Waals surface area (Å²) in [5, 5.41) is 19.9. The Bertz CT molecular complexity index is 547. The Morgan fingerprint density at radius 2 is 1.83 bits per heavy atom. The molecule has 24 heavy (non-hydrogen) atoms. The van der Waals surface area contributed by atoms with Crippen molar-refractivity contribution in [2.45, 2.75) is 26.4 Å². The highest BCUT2D eigenvalue weighted by Gasteiger charge is 2.10. The van der Waals surface area contributed by atoms with E-state index in [1.807, 2.05) is 13.8 Å². The van der Waals surface area contributed by atoms with Crippen LogP contribution < -0.4 is 16.0 Å². The Hall–Kier alpha value is -1.50. The van der Waals surface area contributed by atoms with Gasteiger partial charge in [0, 0.05) is 29.7 Å². The van der Waals surface area contributed by atoms with E-state index in [4.69, 9.17) is 23.2 Å². The van der Waals surface area contributed by atoms with Crippen molar-refractivity contribution in [2.75, 3.05) is 26.2 Å². The number of nitrogens with zero attached hydrogens (tertiary/aromatic N) is 1. The first-order valence-electron chi connectivity index (χ1n) is 7.89. The number of aliphatic imine (C=N–C) groups is 1. The van der Waals surface area contributed by atoms with Crippen LogP contribution in [0.2, 0.25) is 10.0 Å². The molecule has 1 aromatic carbocycles. The minimum atomic E-state index is -0.807. The first-order valence-corrected chi connectivity index (χ1v) is 8.64. The molecule has 0 spiro atoms. The molecule has 8 heteroatoms. The maximum absolute atomic E-state index is 11.6. The van der Waals surface area contributed by atoms with Gasteiger partial charge in [0.1, 0.15) is 6.54 Å². The maximum Gasteiger partial charge on any atom is 0.241 e. The van der Waals surface area contributed by atoms with Crippen molar-refractivity contribution in [1.29, 1.82) is 0 Å². The van der Waals surface area contributed by atoms with Gasteiger partial charge in [0.15, 0.2) is 5.96 Å². The highest BCUT2D eigenvalue weighted by atomic mass is 35.5. The number of rotatable bonds is 8. The van der Waals surface area contributed by atoms with Crippen LogP contribution in [0, 0.1) is 0 Å². The average molecular weight is 375 g/mol. The van der Waals surface area contributed by atoms with Crippen molar-refractivity contribution >= 4 is 35.1 Å². The molecule has 1 unspecified atom stereocenters. The van der Waals surface area contributed by atoms with Crippen molar-refractivity contribution < 1.29 is 9.90 Å². The summed E-state index contributed by atoms with van der Waals surface area (Å²) in [5.74, 6) is 0.313. The number of carbonyl (C=O) groups excluding carboxylic acids is 1. The lowest BCUT2D eigenvalue weighted by Crippen LogP contribution is -2.40. The first-order chi connectivity index (χ1) is 11.5. The van der Waals surface area contributed by atoms with Gasteiger partial charge < -0.3 is 21.1 Å². The lowest BCUT2D eigenvalue weighted by atomic mass is 10.1. The molecule has 134 valence electrons. The molecule has 1 atom stereocenters. The summed E-state index contributed by atoms with van der Waals surface area (Å²) < 4.78 is 0. The van der Waals surface area contributed by atoms with Crippen LogP contribution >= 0.6 is 23.2 Å². The van der Waals surface area contributed by atoms with Crippen LogP contribution in [0.4, 0.5) is 0 Å². The minimum Gasteiger partial charge on any atom is -0.387 e. The Morgan fingerprint density at radius 3 is 2.42 bits per heavy atom. The zero-order valence-electron chi connectivity index (χ0n) is 13.9. The lowest BCUT2D eigenvalue weighted by Gasteiger charge is -2.16. The number of guanidine groups is 1. The molecule has 6 nitrogen and oxygen atoms in total. The molecule has 1 rings (SSSR count). The van der Waals surface area contributed by atoms with E-state index in [9.17, 15) is 9.90 Å². The number of aliphatic hydroxyl groups is 1. The summed E-state index contributed by atoms with van der Waals surface area (Å²) in [6, 6.07) is 4.91. The number of hydrogen-bond donors (Lipinski definition) is 4. The molecule has 0 fully saturated rings. The topological polar surface area (TPSA) is 85.8 Å². The number of amides is 1. The third-order valence-electron chi connectivity index (χ3n) is 3.03. The van der Waals surface area contributed by atoms with E-state index in [-0.39, 0.29) is 19.0 Å². The molecule has 1 aromatic rings. The van der Waals surface area contributed by atoms with Crippen LogP contribution in [0.1, 0.15) is 31.9 Å². The number of benzene rings is 1. The van der Waals surface area contributed by atoms with E-state index in [0.29, 0.717) is 34.7 Å². The van der Waals surface area contributed by atoms with Gasteiger partial charge in [-0.05, 0) is 37.1 Å². The van der Waals surface area contributed by atoms with Crippen molar-refractivity contribution in [2.24, 2.45) is 4.99 Å². The van der Waals surface area contributed by atoms with Crippen molar-refractivity contribution in [1.82, 2.24) is 16.0 Å². The third kappa shape index (κ3) is 7.86. The molecule has 0 bridgehead atoms. The Morgan fingerprint density at radius 1 is 1.17 bits per heavy atom. The smallest absolute Gasteiger partial charge is 0.241 e. The summed E-state index contributed by atoms with van der Waals surface area (Å²) in [7, 11) is 0. The fraction of sp³-hybridized carbons (Fsp3) is 0.500. The van der Waals surface area contributed by atoms with E-state index in [0.717, 1.165) is 6.42 Å². The molecule has 1 amide bonds. The maximum atomic E-state index is 11.6. The molecule has 0 aromatic heterocycles. The Balaban J connectivity index is 2.59. The van der Waals surface area contributed by atoms with Gasteiger partial charge in [0.2, 0.25) is 5.91 Å². The molecular weight excluding hydrogens is 351 g/mol. The number of nitrogens with one attached hydrogen (secondary N) is 3. The third-order valence-corrected chi connectivity index (χ3v) is 3.47. The molecule has 0 saturated carbocycles. The molecule has 4 N–H and O–H groups in total. The summed E-state index contributed by atoms with van der Waals surface area (Å²) in [5.41, 5.74) is 0.608. The largest absolute Gasteiger partial charge is 0.387 e. The second-order valence-corrected chi connectivity index (χ2v) is 6.02. The zero-order chi connectivity index (χ0) is 17.9. The van der Waals surface area contributed by atoms with Crippen LogP contribution in [0.25, 0.3) is 0 Å². The fourth-order valence-corrected chi connectivity index (χ4v) is 2.43. The molecule has 0 saturated heterocycles. The molecule has 0 heterocycles. The van der Waals surface area contributed by atoms with Gasteiger partial charge in [0.25, 0.3) is 0 Å². The molecule has 0 aliphatic carbocycles. The summed E-state index contributed by atoms with van der Waals surface area (Å²) >= 11 is 11.9. The van der Waals surface area contributed by atoms with E-state index >= 15 is 0 Å². The van der Waals surface area contributed by atoms with E-state index in [2.05, 4.69) is 20.9 Å². The van der Waals surface area contributed by atoms with Gasteiger partial charge in [-0.2, -0.15) is 0 Å². The monoisotopic (exact) mass is 374 g/mol. The summed E-state index contributed by atoms with van der Waals surface area (Å²) in [4.78, 5) is 15.8. The van der Waals surface area contributed by atoms with Crippen LogP contribution in [-0.4, -0.2) is 43.2 Å². The van der Waals surface area contributed by atoms with Crippen LogP contribution in [0.5, 0.6) is 0 Å². The fourth-order valence-electron chi connectivity index (χ4n) is 1.89. The van der Waals surface area contributed by atoms with Crippen LogP contribution in [0.3, 0.4) is 0 Å². The van der Waals surface area contributed by atoms with Gasteiger partial charge in [-0.1, -0.05) is 30.1 Å².